The number of halogens is 2. The molecule has 0 aromatic heterocycles. The van der Waals surface area contributed by atoms with Crippen LogP contribution >= 0.6 is 31.0 Å². The highest BCUT2D eigenvalue weighted by Crippen LogP contribution is 2.51. The number of phosphoric ester groups is 1. The smallest absolute Gasteiger partial charge is 0.401 e. The molecular formula is C9H11Cl2O5P. The van der Waals surface area contributed by atoms with Crippen molar-refractivity contribution in [2.24, 2.45) is 0 Å². The Balaban J connectivity index is 3.11. The molecule has 1 aromatic rings. The lowest BCUT2D eigenvalue weighted by Gasteiger charge is -2.16. The summed E-state index contributed by atoms with van der Waals surface area (Å²) >= 11 is 11.8. The van der Waals surface area contributed by atoms with Crippen LogP contribution in [0.25, 0.3) is 0 Å². The van der Waals surface area contributed by atoms with Crippen molar-refractivity contribution < 1.29 is 23.2 Å². The van der Waals surface area contributed by atoms with Crippen LogP contribution in [0.2, 0.25) is 10.0 Å². The second-order valence-corrected chi connectivity index (χ2v) is 5.57. The number of aliphatic hydroxyl groups is 1. The molecule has 0 aliphatic heterocycles. The second kappa shape index (κ2) is 6.05. The second-order valence-electron chi connectivity index (χ2n) is 2.95. The summed E-state index contributed by atoms with van der Waals surface area (Å²) in [6.45, 7) is -0.216. The Morgan fingerprint density at radius 1 is 1.24 bits per heavy atom. The van der Waals surface area contributed by atoms with Crippen molar-refractivity contribution in [3.63, 3.8) is 0 Å². The predicted octanol–water partition coefficient (Wildman–Crippen LogP) is 3.27. The molecule has 0 bridgehead atoms. The molecule has 0 amide bonds. The summed E-state index contributed by atoms with van der Waals surface area (Å²) < 4.78 is 26.0. The standard InChI is InChI=1S/C9H11Cl2O5P/c1-14-17(13,15-2)16-9-7(10)3-6(5-12)4-8(9)11/h3-4,12H,5H2,1-2H3. The van der Waals surface area contributed by atoms with Crippen LogP contribution in [0.5, 0.6) is 5.75 Å². The molecule has 0 unspecified atom stereocenters. The zero-order chi connectivity index (χ0) is 13.1. The lowest BCUT2D eigenvalue weighted by Crippen LogP contribution is -1.99. The van der Waals surface area contributed by atoms with E-state index in [4.69, 9.17) is 32.8 Å². The molecule has 96 valence electrons. The Morgan fingerprint density at radius 2 is 1.71 bits per heavy atom. The zero-order valence-corrected chi connectivity index (χ0v) is 11.6. The molecule has 0 heterocycles. The molecule has 0 spiro atoms. The van der Waals surface area contributed by atoms with Crippen LogP contribution in [0.4, 0.5) is 0 Å². The highest BCUT2D eigenvalue weighted by Gasteiger charge is 2.27. The Bertz CT molecular complexity index is 420. The number of hydrogen-bond acceptors (Lipinski definition) is 5. The van der Waals surface area contributed by atoms with Crippen molar-refractivity contribution in [3.05, 3.63) is 27.7 Å². The van der Waals surface area contributed by atoms with Crippen LogP contribution in [0, 0.1) is 0 Å². The minimum Gasteiger partial charge on any atom is -0.401 e. The minimum absolute atomic E-state index is 0.0161. The van der Waals surface area contributed by atoms with E-state index in [0.717, 1.165) is 0 Å². The topological polar surface area (TPSA) is 65.0 Å². The monoisotopic (exact) mass is 300 g/mol. The van der Waals surface area contributed by atoms with Gasteiger partial charge >= 0.3 is 7.82 Å². The maximum atomic E-state index is 11.7. The fraction of sp³-hybridized carbons (Fsp3) is 0.333. The van der Waals surface area contributed by atoms with Crippen LogP contribution in [0.15, 0.2) is 12.1 Å². The zero-order valence-electron chi connectivity index (χ0n) is 9.15. The highest BCUT2D eigenvalue weighted by atomic mass is 35.5. The minimum atomic E-state index is -3.71. The summed E-state index contributed by atoms with van der Waals surface area (Å²) in [6, 6.07) is 2.89. The first-order valence-corrected chi connectivity index (χ1v) is 6.67. The molecule has 0 aliphatic carbocycles. The van der Waals surface area contributed by atoms with Crippen LogP contribution < -0.4 is 4.52 Å². The lowest BCUT2D eigenvalue weighted by molar-refractivity contribution is 0.211. The van der Waals surface area contributed by atoms with Crippen molar-refractivity contribution in [1.29, 1.82) is 0 Å². The summed E-state index contributed by atoms with van der Waals surface area (Å²) in [5.74, 6) is -0.0161. The molecule has 0 atom stereocenters. The Hall–Kier alpha value is -0.290. The number of rotatable bonds is 5. The summed E-state index contributed by atoms with van der Waals surface area (Å²) in [7, 11) is -1.36. The van der Waals surface area contributed by atoms with E-state index in [1.807, 2.05) is 0 Å². The van der Waals surface area contributed by atoms with Gasteiger partial charge < -0.3 is 9.63 Å². The third-order valence-electron chi connectivity index (χ3n) is 1.89. The molecule has 8 heteroatoms. The first-order valence-electron chi connectivity index (χ1n) is 4.45. The molecule has 1 aromatic carbocycles. The van der Waals surface area contributed by atoms with Crippen LogP contribution in [0.1, 0.15) is 5.56 Å². The largest absolute Gasteiger partial charge is 0.529 e. The predicted molar refractivity (Wildman–Crippen MR) is 64.6 cm³/mol. The molecule has 1 rings (SSSR count). The van der Waals surface area contributed by atoms with Crippen molar-refractivity contribution in [1.82, 2.24) is 0 Å². The van der Waals surface area contributed by atoms with E-state index in [9.17, 15) is 4.57 Å². The molecule has 0 radical (unpaired) electrons. The van der Waals surface area contributed by atoms with Gasteiger partial charge in [-0.05, 0) is 17.7 Å². The van der Waals surface area contributed by atoms with Gasteiger partial charge in [0.25, 0.3) is 0 Å². The third-order valence-corrected chi connectivity index (χ3v) is 3.75. The van der Waals surface area contributed by atoms with E-state index in [0.29, 0.717) is 5.56 Å². The van der Waals surface area contributed by atoms with E-state index >= 15 is 0 Å². The van der Waals surface area contributed by atoms with Crippen LogP contribution in [-0.4, -0.2) is 19.3 Å². The molecule has 0 fully saturated rings. The molecule has 17 heavy (non-hydrogen) atoms. The van der Waals surface area contributed by atoms with Gasteiger partial charge in [0.15, 0.2) is 5.75 Å². The first-order chi connectivity index (χ1) is 7.95. The Kier molecular flexibility index (Phi) is 5.25. The number of aliphatic hydroxyl groups excluding tert-OH is 1. The maximum Gasteiger partial charge on any atom is 0.529 e. The molecule has 0 saturated heterocycles. The van der Waals surface area contributed by atoms with Gasteiger partial charge in [0.2, 0.25) is 0 Å². The van der Waals surface area contributed by atoms with Crippen molar-refractivity contribution >= 4 is 31.0 Å². The number of phosphoric acid groups is 1. The van der Waals surface area contributed by atoms with Gasteiger partial charge in [-0.25, -0.2) is 4.57 Å². The van der Waals surface area contributed by atoms with Crippen molar-refractivity contribution in [2.75, 3.05) is 14.2 Å². The third kappa shape index (κ3) is 3.58. The van der Waals surface area contributed by atoms with Gasteiger partial charge in [0.05, 0.1) is 16.7 Å². The quantitative estimate of drug-likeness (QED) is 0.846. The number of hydrogen-bond donors (Lipinski definition) is 1. The van der Waals surface area contributed by atoms with Crippen LogP contribution in [-0.2, 0) is 20.2 Å². The van der Waals surface area contributed by atoms with Crippen molar-refractivity contribution in [3.8, 4) is 5.75 Å². The fourth-order valence-corrected chi connectivity index (χ4v) is 2.49. The Labute approximate surface area is 109 Å². The summed E-state index contributed by atoms with van der Waals surface area (Å²) in [5.41, 5.74) is 0.511. The van der Waals surface area contributed by atoms with Gasteiger partial charge in [-0.15, -0.1) is 0 Å². The lowest BCUT2D eigenvalue weighted by atomic mass is 10.2. The summed E-state index contributed by atoms with van der Waals surface area (Å²) in [5, 5.41) is 9.15. The molecule has 0 aliphatic rings. The molecule has 5 nitrogen and oxygen atoms in total. The summed E-state index contributed by atoms with van der Waals surface area (Å²) in [6.07, 6.45) is 0. The van der Waals surface area contributed by atoms with E-state index in [2.05, 4.69) is 9.05 Å². The Morgan fingerprint density at radius 3 is 2.06 bits per heavy atom. The van der Waals surface area contributed by atoms with Crippen LogP contribution in [0.3, 0.4) is 0 Å². The van der Waals surface area contributed by atoms with E-state index < -0.39 is 7.82 Å². The van der Waals surface area contributed by atoms with E-state index in [1.54, 1.807) is 0 Å². The van der Waals surface area contributed by atoms with Gasteiger partial charge in [-0.3, -0.25) is 9.05 Å². The normalized spacial score (nSPS) is 11.6. The summed E-state index contributed by atoms with van der Waals surface area (Å²) in [4.78, 5) is 0. The first kappa shape index (κ1) is 14.8. The SMILES string of the molecule is COP(=O)(OC)Oc1c(Cl)cc(CO)cc1Cl. The number of benzene rings is 1. The highest BCUT2D eigenvalue weighted by molar-refractivity contribution is 7.48. The fourth-order valence-electron chi connectivity index (χ4n) is 1.05. The molecule has 0 saturated carbocycles. The van der Waals surface area contributed by atoms with Gasteiger partial charge in [-0.1, -0.05) is 23.2 Å². The van der Waals surface area contributed by atoms with E-state index in [-0.39, 0.29) is 22.4 Å². The maximum absolute atomic E-state index is 11.7. The van der Waals surface area contributed by atoms with Gasteiger partial charge in [0.1, 0.15) is 0 Å². The van der Waals surface area contributed by atoms with Gasteiger partial charge in [-0.2, -0.15) is 0 Å². The van der Waals surface area contributed by atoms with Crippen molar-refractivity contribution in [2.45, 2.75) is 6.61 Å². The van der Waals surface area contributed by atoms with E-state index in [1.165, 1.54) is 26.4 Å². The average Bonchev–Trinajstić information content (AvgIpc) is 2.33. The average molecular weight is 301 g/mol. The molecular weight excluding hydrogens is 290 g/mol. The molecule has 1 N–H and O–H groups in total. The van der Waals surface area contributed by atoms with Gasteiger partial charge in [0, 0.05) is 14.2 Å².